The summed E-state index contributed by atoms with van der Waals surface area (Å²) in [4.78, 5) is 37.9. The van der Waals surface area contributed by atoms with E-state index in [4.69, 9.17) is 0 Å². The maximum absolute atomic E-state index is 13.3. The van der Waals surface area contributed by atoms with Gasteiger partial charge in [0.1, 0.15) is 12.2 Å². The molecule has 0 fully saturated rings. The van der Waals surface area contributed by atoms with E-state index in [1.807, 2.05) is 30.3 Å². The Morgan fingerprint density at radius 1 is 0.917 bits per heavy atom. The lowest BCUT2D eigenvalue weighted by atomic mass is 9.99. The van der Waals surface area contributed by atoms with Gasteiger partial charge in [-0.3, -0.25) is 19.0 Å². The third-order valence-electron chi connectivity index (χ3n) is 5.66. The standard InChI is InChI=1S/C27H28F3N3O3/c1-18(2)24(25(35)27(28,29)30)32-23(34)17-33-22(20-11-7-4-8-12-20)14-13-21(26(33)36)31-16-15-19-9-5-3-6-10-19/h3-14,18,24,31H,15-17H2,1-2H3,(H,32,34). The monoisotopic (exact) mass is 499 g/mol. The second-order valence-electron chi connectivity index (χ2n) is 8.70. The molecule has 3 rings (SSSR count). The summed E-state index contributed by atoms with van der Waals surface area (Å²) in [5.41, 5.74) is 1.92. The number of rotatable bonds is 10. The van der Waals surface area contributed by atoms with Crippen molar-refractivity contribution in [3.05, 3.63) is 88.7 Å². The maximum Gasteiger partial charge on any atom is 0.452 e. The van der Waals surface area contributed by atoms with Crippen LogP contribution in [-0.4, -0.2) is 35.0 Å². The molecule has 2 aromatic carbocycles. The van der Waals surface area contributed by atoms with Gasteiger partial charge < -0.3 is 10.6 Å². The highest BCUT2D eigenvalue weighted by Crippen LogP contribution is 2.22. The van der Waals surface area contributed by atoms with E-state index < -0.39 is 41.9 Å². The summed E-state index contributed by atoms with van der Waals surface area (Å²) in [7, 11) is 0. The SMILES string of the molecule is CC(C)C(NC(=O)Cn1c(-c2ccccc2)ccc(NCCc2ccccc2)c1=O)C(=O)C(F)(F)F. The van der Waals surface area contributed by atoms with E-state index in [9.17, 15) is 27.6 Å². The highest BCUT2D eigenvalue weighted by molar-refractivity contribution is 5.93. The highest BCUT2D eigenvalue weighted by Gasteiger charge is 2.45. The van der Waals surface area contributed by atoms with Gasteiger partial charge >= 0.3 is 6.18 Å². The third kappa shape index (κ3) is 6.84. The molecule has 0 radical (unpaired) electrons. The topological polar surface area (TPSA) is 80.2 Å². The molecule has 0 bridgehead atoms. The zero-order valence-corrected chi connectivity index (χ0v) is 20.0. The fraction of sp³-hybridized carbons (Fsp3) is 0.296. The van der Waals surface area contributed by atoms with Crippen LogP contribution in [0.1, 0.15) is 19.4 Å². The number of nitrogens with zero attached hydrogens (tertiary/aromatic N) is 1. The van der Waals surface area contributed by atoms with Crippen LogP contribution < -0.4 is 16.2 Å². The maximum atomic E-state index is 13.3. The van der Waals surface area contributed by atoms with E-state index in [0.29, 0.717) is 24.2 Å². The molecule has 6 nitrogen and oxygen atoms in total. The molecule has 2 N–H and O–H groups in total. The number of aromatic nitrogens is 1. The molecule has 1 atom stereocenters. The van der Waals surface area contributed by atoms with Gasteiger partial charge in [0.2, 0.25) is 5.91 Å². The Hall–Kier alpha value is -3.88. The van der Waals surface area contributed by atoms with E-state index in [1.165, 1.54) is 18.4 Å². The van der Waals surface area contributed by atoms with Gasteiger partial charge in [0.15, 0.2) is 0 Å². The first-order valence-corrected chi connectivity index (χ1v) is 11.6. The quantitative estimate of drug-likeness (QED) is 0.432. The van der Waals surface area contributed by atoms with Crippen LogP contribution in [0.5, 0.6) is 0 Å². The summed E-state index contributed by atoms with van der Waals surface area (Å²) in [5, 5.41) is 5.26. The van der Waals surface area contributed by atoms with Crippen molar-refractivity contribution in [1.29, 1.82) is 0 Å². The van der Waals surface area contributed by atoms with Gasteiger partial charge in [-0.1, -0.05) is 74.5 Å². The minimum Gasteiger partial charge on any atom is -0.380 e. The summed E-state index contributed by atoms with van der Waals surface area (Å²) in [6, 6.07) is 20.1. The van der Waals surface area contributed by atoms with E-state index in [1.54, 1.807) is 42.5 Å². The second-order valence-corrected chi connectivity index (χ2v) is 8.70. The van der Waals surface area contributed by atoms with Crippen LogP contribution in [0.15, 0.2) is 77.6 Å². The van der Waals surface area contributed by atoms with Crippen molar-refractivity contribution < 1.29 is 22.8 Å². The summed E-state index contributed by atoms with van der Waals surface area (Å²) >= 11 is 0. The Balaban J connectivity index is 1.87. The third-order valence-corrected chi connectivity index (χ3v) is 5.66. The van der Waals surface area contributed by atoms with E-state index >= 15 is 0 Å². The number of halogens is 3. The molecular formula is C27H28F3N3O3. The fourth-order valence-corrected chi connectivity index (χ4v) is 3.79. The Kier molecular flexibility index (Phi) is 8.68. The average molecular weight is 500 g/mol. The van der Waals surface area contributed by atoms with Crippen molar-refractivity contribution in [2.45, 2.75) is 39.0 Å². The van der Waals surface area contributed by atoms with Crippen LogP contribution >= 0.6 is 0 Å². The van der Waals surface area contributed by atoms with Crippen molar-refractivity contribution in [3.63, 3.8) is 0 Å². The first-order chi connectivity index (χ1) is 17.1. The summed E-state index contributed by atoms with van der Waals surface area (Å²) in [6.07, 6.45) is -4.42. The van der Waals surface area contributed by atoms with Gasteiger partial charge in [-0.2, -0.15) is 13.2 Å². The minimum atomic E-state index is -5.09. The number of nitrogens with one attached hydrogen (secondary N) is 2. The highest BCUT2D eigenvalue weighted by atomic mass is 19.4. The number of amides is 1. The van der Waals surface area contributed by atoms with Crippen LogP contribution in [-0.2, 0) is 22.6 Å². The molecule has 0 spiro atoms. The van der Waals surface area contributed by atoms with Crippen molar-refractivity contribution in [2.24, 2.45) is 5.92 Å². The molecule has 1 heterocycles. The van der Waals surface area contributed by atoms with Crippen molar-refractivity contribution >= 4 is 17.4 Å². The Morgan fingerprint density at radius 3 is 2.11 bits per heavy atom. The number of carbonyl (C=O) groups excluding carboxylic acids is 2. The van der Waals surface area contributed by atoms with Gasteiger partial charge in [-0.25, -0.2) is 0 Å². The van der Waals surface area contributed by atoms with Gasteiger partial charge in [0, 0.05) is 6.54 Å². The molecule has 190 valence electrons. The minimum absolute atomic E-state index is 0.255. The Bertz CT molecular complexity index is 1240. The number of hydrogen-bond donors (Lipinski definition) is 2. The van der Waals surface area contributed by atoms with E-state index in [0.717, 1.165) is 5.56 Å². The molecule has 36 heavy (non-hydrogen) atoms. The van der Waals surface area contributed by atoms with Crippen LogP contribution in [0.3, 0.4) is 0 Å². The molecule has 1 aromatic heterocycles. The molecule has 0 aliphatic heterocycles. The summed E-state index contributed by atoms with van der Waals surface area (Å²) in [6.45, 7) is 2.73. The van der Waals surface area contributed by atoms with Gasteiger partial charge in [0.05, 0.1) is 11.7 Å². The van der Waals surface area contributed by atoms with Crippen LogP contribution in [0.2, 0.25) is 0 Å². The normalized spacial score (nSPS) is 12.3. The van der Waals surface area contributed by atoms with Crippen LogP contribution in [0, 0.1) is 5.92 Å². The van der Waals surface area contributed by atoms with E-state index in [2.05, 4.69) is 10.6 Å². The van der Waals surface area contributed by atoms with Gasteiger partial charge in [-0.05, 0) is 35.6 Å². The number of carbonyl (C=O) groups is 2. The van der Waals surface area contributed by atoms with Crippen molar-refractivity contribution in [1.82, 2.24) is 9.88 Å². The number of benzene rings is 2. The summed E-state index contributed by atoms with van der Waals surface area (Å²) < 4.78 is 40.2. The average Bonchev–Trinajstić information content (AvgIpc) is 2.85. The number of pyridine rings is 1. The Labute approximate surface area is 207 Å². The molecule has 9 heteroatoms. The van der Waals surface area contributed by atoms with E-state index in [-0.39, 0.29) is 5.69 Å². The Morgan fingerprint density at radius 2 is 1.53 bits per heavy atom. The lowest BCUT2D eigenvalue weighted by Crippen LogP contribution is -2.50. The van der Waals surface area contributed by atoms with Crippen LogP contribution in [0.25, 0.3) is 11.3 Å². The molecular weight excluding hydrogens is 471 g/mol. The largest absolute Gasteiger partial charge is 0.452 e. The molecule has 0 saturated heterocycles. The first-order valence-electron chi connectivity index (χ1n) is 11.6. The van der Waals surface area contributed by atoms with Crippen molar-refractivity contribution in [2.75, 3.05) is 11.9 Å². The molecule has 1 unspecified atom stereocenters. The van der Waals surface area contributed by atoms with Crippen molar-refractivity contribution in [3.8, 4) is 11.3 Å². The molecule has 1 amide bonds. The molecule has 0 saturated carbocycles. The molecule has 3 aromatic rings. The first kappa shape index (κ1) is 26.7. The number of anilines is 1. The zero-order chi connectivity index (χ0) is 26.3. The van der Waals surface area contributed by atoms with Crippen LogP contribution in [0.4, 0.5) is 18.9 Å². The molecule has 0 aliphatic carbocycles. The molecule has 0 aliphatic rings. The lowest BCUT2D eigenvalue weighted by molar-refractivity contribution is -0.174. The number of Topliss-reactive ketones (excluding diaryl/α,β-unsaturated/α-hetero) is 1. The second kappa shape index (κ2) is 11.7. The van der Waals surface area contributed by atoms with Gasteiger partial charge in [-0.15, -0.1) is 0 Å². The zero-order valence-electron chi connectivity index (χ0n) is 20.0. The number of ketones is 1. The lowest BCUT2D eigenvalue weighted by Gasteiger charge is -2.23. The summed E-state index contributed by atoms with van der Waals surface area (Å²) in [5.74, 6) is -3.69. The predicted molar refractivity (Wildman–Crippen MR) is 133 cm³/mol. The van der Waals surface area contributed by atoms with Gasteiger partial charge in [0.25, 0.3) is 11.3 Å². The number of hydrogen-bond acceptors (Lipinski definition) is 4. The number of alkyl halides is 3. The smallest absolute Gasteiger partial charge is 0.380 e. The predicted octanol–water partition coefficient (Wildman–Crippen LogP) is 4.44. The fourth-order valence-electron chi connectivity index (χ4n) is 3.79.